The lowest BCUT2D eigenvalue weighted by Gasteiger charge is -2.28. The van der Waals surface area contributed by atoms with E-state index < -0.39 is 23.4 Å². The number of aromatic nitrogens is 1. The molecule has 1 heterocycles. The molecular weight excluding hydrogens is 352 g/mol. The molecule has 1 aromatic rings. The Kier molecular flexibility index (Phi) is 7.33. The van der Waals surface area contributed by atoms with Crippen LogP contribution in [0.15, 0.2) is 18.3 Å². The van der Waals surface area contributed by atoms with Gasteiger partial charge in [0.05, 0.1) is 7.11 Å². The summed E-state index contributed by atoms with van der Waals surface area (Å²) < 4.78 is 15.3. The molecule has 0 bridgehead atoms. The zero-order valence-corrected chi connectivity index (χ0v) is 17.0. The third-order valence-corrected chi connectivity index (χ3v) is 3.04. The van der Waals surface area contributed by atoms with Gasteiger partial charge in [0.1, 0.15) is 17.0 Å². The van der Waals surface area contributed by atoms with Crippen LogP contribution in [0.4, 0.5) is 15.4 Å². The molecule has 0 spiro atoms. The van der Waals surface area contributed by atoms with Gasteiger partial charge in [0, 0.05) is 12.6 Å². The van der Waals surface area contributed by atoms with Crippen molar-refractivity contribution < 1.29 is 28.6 Å². The zero-order chi connectivity index (χ0) is 20.8. The van der Waals surface area contributed by atoms with E-state index in [0.29, 0.717) is 12.0 Å². The third-order valence-electron chi connectivity index (χ3n) is 3.04. The number of imide groups is 1. The van der Waals surface area contributed by atoms with Crippen LogP contribution in [0.25, 0.3) is 0 Å². The van der Waals surface area contributed by atoms with Crippen LogP contribution >= 0.6 is 0 Å². The monoisotopic (exact) mass is 380 g/mol. The number of aryl methyl sites for hydroxylation is 1. The average molecular weight is 380 g/mol. The maximum absolute atomic E-state index is 12.6. The van der Waals surface area contributed by atoms with E-state index in [1.54, 1.807) is 47.6 Å². The number of pyridine rings is 1. The number of rotatable bonds is 4. The summed E-state index contributed by atoms with van der Waals surface area (Å²) in [7, 11) is 1.31. The molecular formula is C19H28N2O6. The Morgan fingerprint density at radius 3 is 1.96 bits per heavy atom. The number of esters is 1. The van der Waals surface area contributed by atoms with Crippen LogP contribution in [0.2, 0.25) is 0 Å². The molecule has 0 saturated heterocycles. The average Bonchev–Trinajstić information content (AvgIpc) is 2.49. The minimum atomic E-state index is -0.894. The summed E-state index contributed by atoms with van der Waals surface area (Å²) in [6.45, 7) is 10.2. The van der Waals surface area contributed by atoms with E-state index in [4.69, 9.17) is 9.47 Å². The van der Waals surface area contributed by atoms with Crippen LogP contribution in [0.3, 0.4) is 0 Å². The molecule has 1 aromatic heterocycles. The smallest absolute Gasteiger partial charge is 0.425 e. The van der Waals surface area contributed by atoms with E-state index >= 15 is 0 Å². The predicted molar refractivity (Wildman–Crippen MR) is 99.5 cm³/mol. The van der Waals surface area contributed by atoms with Crippen molar-refractivity contribution in [3.63, 3.8) is 0 Å². The lowest BCUT2D eigenvalue weighted by Crippen LogP contribution is -2.44. The van der Waals surface area contributed by atoms with E-state index in [2.05, 4.69) is 9.72 Å². The first-order chi connectivity index (χ1) is 12.3. The van der Waals surface area contributed by atoms with Crippen molar-refractivity contribution in [2.45, 2.75) is 65.6 Å². The second kappa shape index (κ2) is 8.83. The summed E-state index contributed by atoms with van der Waals surface area (Å²) >= 11 is 0. The Morgan fingerprint density at radius 2 is 1.52 bits per heavy atom. The molecule has 27 heavy (non-hydrogen) atoms. The van der Waals surface area contributed by atoms with Crippen molar-refractivity contribution in [3.05, 3.63) is 23.9 Å². The predicted octanol–water partition coefficient (Wildman–Crippen LogP) is 3.86. The highest BCUT2D eigenvalue weighted by Crippen LogP contribution is 2.21. The van der Waals surface area contributed by atoms with Crippen LogP contribution in [-0.2, 0) is 25.4 Å². The first-order valence-electron chi connectivity index (χ1n) is 8.60. The molecule has 0 fully saturated rings. The highest BCUT2D eigenvalue weighted by atomic mass is 16.6. The van der Waals surface area contributed by atoms with Crippen LogP contribution < -0.4 is 4.90 Å². The molecule has 8 nitrogen and oxygen atoms in total. The van der Waals surface area contributed by atoms with Gasteiger partial charge in [0.15, 0.2) is 0 Å². The molecule has 8 heteroatoms. The Morgan fingerprint density at radius 1 is 1.00 bits per heavy atom. The quantitative estimate of drug-likeness (QED) is 0.578. The van der Waals surface area contributed by atoms with Crippen molar-refractivity contribution in [2.24, 2.45) is 0 Å². The second-order valence-electron chi connectivity index (χ2n) is 7.89. The van der Waals surface area contributed by atoms with Crippen LogP contribution in [-0.4, -0.2) is 41.5 Å². The van der Waals surface area contributed by atoms with Crippen LogP contribution in [0.5, 0.6) is 0 Å². The van der Waals surface area contributed by atoms with E-state index in [0.717, 1.165) is 4.90 Å². The number of methoxy groups -OCH3 is 1. The molecule has 2 amide bonds. The Balaban J connectivity index is 3.16. The summed E-state index contributed by atoms with van der Waals surface area (Å²) in [6.07, 6.45) is 0.199. The van der Waals surface area contributed by atoms with E-state index in [9.17, 15) is 14.4 Å². The Labute approximate surface area is 159 Å². The normalized spacial score (nSPS) is 11.5. The number of hydrogen-bond donors (Lipinski definition) is 0. The van der Waals surface area contributed by atoms with Gasteiger partial charge in [-0.2, -0.15) is 4.90 Å². The topological polar surface area (TPSA) is 95.0 Å². The summed E-state index contributed by atoms with van der Waals surface area (Å²) in [5.74, 6) is -0.301. The largest absolute Gasteiger partial charge is 0.469 e. The van der Waals surface area contributed by atoms with Crippen LogP contribution in [0.1, 0.15) is 53.5 Å². The van der Waals surface area contributed by atoms with Gasteiger partial charge in [-0.15, -0.1) is 0 Å². The van der Waals surface area contributed by atoms with Gasteiger partial charge in [-0.25, -0.2) is 14.6 Å². The van der Waals surface area contributed by atoms with Gasteiger partial charge < -0.3 is 14.2 Å². The number of amides is 2. The molecule has 0 aliphatic heterocycles. The summed E-state index contributed by atoms with van der Waals surface area (Å²) in [4.78, 5) is 41.4. The summed E-state index contributed by atoms with van der Waals surface area (Å²) in [6, 6.07) is 3.23. The van der Waals surface area contributed by atoms with E-state index in [-0.39, 0.29) is 18.2 Å². The maximum atomic E-state index is 12.6. The molecule has 1 rings (SSSR count). The van der Waals surface area contributed by atoms with Gasteiger partial charge >= 0.3 is 18.2 Å². The molecule has 0 unspecified atom stereocenters. The van der Waals surface area contributed by atoms with Crippen molar-refractivity contribution >= 4 is 24.0 Å². The second-order valence-corrected chi connectivity index (χ2v) is 7.89. The van der Waals surface area contributed by atoms with E-state index in [1.807, 2.05) is 0 Å². The number of hydrogen-bond acceptors (Lipinski definition) is 7. The Bertz CT molecular complexity index is 660. The minimum Gasteiger partial charge on any atom is -0.469 e. The SMILES string of the molecule is COC(=O)CCc1ccnc(N(C(=O)OC(C)(C)C)C(=O)OC(C)(C)C)c1. The molecule has 0 aliphatic rings. The lowest BCUT2D eigenvalue weighted by atomic mass is 10.1. The molecule has 0 N–H and O–H groups in total. The zero-order valence-electron chi connectivity index (χ0n) is 17.0. The first kappa shape index (κ1) is 22.4. The number of carbonyl (C=O) groups is 3. The first-order valence-corrected chi connectivity index (χ1v) is 8.60. The van der Waals surface area contributed by atoms with Crippen molar-refractivity contribution in [1.29, 1.82) is 0 Å². The standard InChI is InChI=1S/C19H28N2O6/c1-18(2,3)26-16(23)21(17(24)27-19(4,5)6)14-12-13(10-11-20-14)8-9-15(22)25-7/h10-12H,8-9H2,1-7H3. The van der Waals surface area contributed by atoms with Crippen molar-refractivity contribution in [2.75, 3.05) is 12.0 Å². The third kappa shape index (κ3) is 8.06. The number of anilines is 1. The number of nitrogens with zero attached hydrogens (tertiary/aromatic N) is 2. The van der Waals surface area contributed by atoms with E-state index in [1.165, 1.54) is 19.4 Å². The molecule has 0 aromatic carbocycles. The maximum Gasteiger partial charge on any atom is 0.425 e. The summed E-state index contributed by atoms with van der Waals surface area (Å²) in [5, 5.41) is 0. The highest BCUT2D eigenvalue weighted by molar-refractivity contribution is 6.08. The fourth-order valence-corrected chi connectivity index (χ4v) is 1.96. The van der Waals surface area contributed by atoms with Gasteiger partial charge in [0.25, 0.3) is 0 Å². The van der Waals surface area contributed by atoms with Gasteiger partial charge in [0.2, 0.25) is 0 Å². The number of ether oxygens (including phenoxy) is 3. The Hall–Kier alpha value is -2.64. The van der Waals surface area contributed by atoms with Gasteiger partial charge in [-0.05, 0) is 65.7 Å². The fraction of sp³-hybridized carbons (Fsp3) is 0.579. The molecule has 0 saturated carbocycles. The fourth-order valence-electron chi connectivity index (χ4n) is 1.96. The van der Waals surface area contributed by atoms with Gasteiger partial charge in [-0.1, -0.05) is 0 Å². The van der Waals surface area contributed by atoms with Crippen molar-refractivity contribution in [1.82, 2.24) is 4.98 Å². The van der Waals surface area contributed by atoms with Crippen LogP contribution in [0, 0.1) is 0 Å². The van der Waals surface area contributed by atoms with Gasteiger partial charge in [-0.3, -0.25) is 4.79 Å². The number of carbonyl (C=O) groups excluding carboxylic acids is 3. The molecule has 0 radical (unpaired) electrons. The highest BCUT2D eigenvalue weighted by Gasteiger charge is 2.33. The lowest BCUT2D eigenvalue weighted by molar-refractivity contribution is -0.140. The minimum absolute atomic E-state index is 0.0564. The van der Waals surface area contributed by atoms with Crippen molar-refractivity contribution in [3.8, 4) is 0 Å². The summed E-state index contributed by atoms with van der Waals surface area (Å²) in [5.41, 5.74) is -0.901. The molecule has 150 valence electrons. The molecule has 0 atom stereocenters. The molecule has 0 aliphatic carbocycles.